The van der Waals surface area contributed by atoms with Crippen molar-refractivity contribution in [2.75, 3.05) is 0 Å². The second kappa shape index (κ2) is 6.10. The molecule has 0 aromatic heterocycles. The molecule has 0 aromatic carbocycles. The Hall–Kier alpha value is 1.42. The van der Waals surface area contributed by atoms with E-state index in [1.165, 1.54) is 25.7 Å². The summed E-state index contributed by atoms with van der Waals surface area (Å²) in [5.74, 6) is 1.87. The highest BCUT2D eigenvalue weighted by molar-refractivity contribution is 14.2. The van der Waals surface area contributed by atoms with Crippen molar-refractivity contribution in [3.8, 4) is 0 Å². The number of hydrogen-bond donors (Lipinski definition) is 1. The largest absolute Gasteiger partial charge is 0.295 e. The van der Waals surface area contributed by atoms with Gasteiger partial charge >= 0.3 is 0 Å². The molecule has 3 heteroatoms. The molecule has 78 valence electrons. The van der Waals surface area contributed by atoms with Gasteiger partial charge in [-0.05, 0) is 37.5 Å². The molecule has 0 aromatic rings. The van der Waals surface area contributed by atoms with E-state index < -0.39 is 0 Å². The molecule has 0 bridgehead atoms. The van der Waals surface area contributed by atoms with E-state index in [9.17, 15) is 0 Å². The highest BCUT2D eigenvalue weighted by atomic mass is 127. The van der Waals surface area contributed by atoms with Crippen molar-refractivity contribution in [3.05, 3.63) is 0 Å². The van der Waals surface area contributed by atoms with Crippen LogP contribution in [0.2, 0.25) is 0 Å². The van der Waals surface area contributed by atoms with Crippen molar-refractivity contribution in [1.29, 1.82) is 0 Å². The van der Waals surface area contributed by atoms with E-state index in [-0.39, 0.29) is 0 Å². The number of hydrogen-bond acceptors (Lipinski definition) is 1. The molecule has 0 aliphatic heterocycles. The van der Waals surface area contributed by atoms with E-state index in [1.54, 1.807) is 0 Å². The predicted molar refractivity (Wildman–Crippen MR) is 75.5 cm³/mol. The van der Waals surface area contributed by atoms with Gasteiger partial charge in [-0.2, -0.15) is 0 Å². The van der Waals surface area contributed by atoms with Crippen molar-refractivity contribution in [1.82, 2.24) is 5.32 Å². The lowest BCUT2D eigenvalue weighted by molar-refractivity contribution is 0.243. The lowest BCUT2D eigenvalue weighted by Crippen LogP contribution is -2.35. The summed E-state index contributed by atoms with van der Waals surface area (Å²) in [5, 5.41) is 3.61. The molecule has 0 spiro atoms. The quantitative estimate of drug-likeness (QED) is 0.425. The van der Waals surface area contributed by atoms with Crippen molar-refractivity contribution in [3.63, 3.8) is 0 Å². The van der Waals surface area contributed by atoms with Crippen LogP contribution >= 0.6 is 45.2 Å². The number of alkyl halides is 2. The molecule has 1 nitrogen and oxygen atoms in total. The Morgan fingerprint density at radius 1 is 1.08 bits per heavy atom. The fourth-order valence-electron chi connectivity index (χ4n) is 2.13. The maximum atomic E-state index is 3.61. The SMILES string of the molecule is CC(C)C1CCC(NC(I)I)CC1. The van der Waals surface area contributed by atoms with E-state index in [2.05, 4.69) is 64.3 Å². The van der Waals surface area contributed by atoms with Crippen LogP contribution in [0.1, 0.15) is 39.5 Å². The van der Waals surface area contributed by atoms with Gasteiger partial charge in [0.1, 0.15) is 2.06 Å². The molecule has 1 aliphatic carbocycles. The van der Waals surface area contributed by atoms with Gasteiger partial charge in [0, 0.05) is 6.04 Å². The maximum Gasteiger partial charge on any atom is 0.112 e. The second-order valence-electron chi connectivity index (χ2n) is 4.32. The molecule has 0 saturated heterocycles. The predicted octanol–water partition coefficient (Wildman–Crippen LogP) is 3.94. The minimum Gasteiger partial charge on any atom is -0.295 e. The Kier molecular flexibility index (Phi) is 5.86. The zero-order valence-corrected chi connectivity index (χ0v) is 12.7. The first-order valence-electron chi connectivity index (χ1n) is 5.13. The molecule has 1 saturated carbocycles. The van der Waals surface area contributed by atoms with Gasteiger partial charge in [-0.15, -0.1) is 0 Å². The summed E-state index contributed by atoms with van der Waals surface area (Å²) in [7, 11) is 0. The fourth-order valence-corrected chi connectivity index (χ4v) is 3.15. The first-order valence-corrected chi connectivity index (χ1v) is 7.63. The molecule has 0 radical (unpaired) electrons. The molecule has 0 unspecified atom stereocenters. The third-order valence-electron chi connectivity index (χ3n) is 3.08. The van der Waals surface area contributed by atoms with Gasteiger partial charge < -0.3 is 0 Å². The Morgan fingerprint density at radius 2 is 1.62 bits per heavy atom. The summed E-state index contributed by atoms with van der Waals surface area (Å²) in [6.07, 6.45) is 5.61. The lowest BCUT2D eigenvalue weighted by atomic mass is 9.80. The van der Waals surface area contributed by atoms with Gasteiger partial charge in [-0.25, -0.2) is 0 Å². The van der Waals surface area contributed by atoms with Gasteiger partial charge in [0.2, 0.25) is 0 Å². The maximum absolute atomic E-state index is 3.61. The summed E-state index contributed by atoms with van der Waals surface area (Å²) >= 11 is 4.88. The number of halogens is 2. The topological polar surface area (TPSA) is 12.0 Å². The van der Waals surface area contributed by atoms with Crippen LogP contribution in [0.4, 0.5) is 0 Å². The third-order valence-corrected chi connectivity index (χ3v) is 3.80. The molecule has 0 atom stereocenters. The van der Waals surface area contributed by atoms with E-state index in [4.69, 9.17) is 0 Å². The van der Waals surface area contributed by atoms with Crippen LogP contribution in [0, 0.1) is 11.8 Å². The third kappa shape index (κ3) is 4.64. The van der Waals surface area contributed by atoms with Crippen molar-refractivity contribution in [2.45, 2.75) is 47.6 Å². The van der Waals surface area contributed by atoms with Crippen LogP contribution in [0.5, 0.6) is 0 Å². The smallest absolute Gasteiger partial charge is 0.112 e. The van der Waals surface area contributed by atoms with Crippen LogP contribution in [0.15, 0.2) is 0 Å². The minimum absolute atomic E-state index is 0.593. The van der Waals surface area contributed by atoms with Crippen LogP contribution < -0.4 is 5.32 Å². The molecule has 1 fully saturated rings. The Bertz CT molecular complexity index is 140. The average Bonchev–Trinajstić information content (AvgIpc) is 2.04. The molecule has 0 amide bonds. The lowest BCUT2D eigenvalue weighted by Gasteiger charge is -2.31. The molecule has 1 aliphatic rings. The van der Waals surface area contributed by atoms with Gasteiger partial charge in [-0.3, -0.25) is 5.32 Å². The van der Waals surface area contributed by atoms with Gasteiger partial charge in [0.15, 0.2) is 0 Å². The molecule has 13 heavy (non-hydrogen) atoms. The van der Waals surface area contributed by atoms with E-state index in [0.717, 1.165) is 17.9 Å². The Labute approximate surface area is 109 Å². The average molecular weight is 407 g/mol. The molecular formula is C10H19I2N. The van der Waals surface area contributed by atoms with Crippen LogP contribution in [-0.4, -0.2) is 8.10 Å². The summed E-state index contributed by atoms with van der Waals surface area (Å²) in [6, 6.07) is 0.786. The van der Waals surface area contributed by atoms with Crippen molar-refractivity contribution >= 4 is 45.2 Å². The van der Waals surface area contributed by atoms with Crippen molar-refractivity contribution < 1.29 is 0 Å². The summed E-state index contributed by atoms with van der Waals surface area (Å²) in [6.45, 7) is 4.72. The number of rotatable bonds is 3. The Balaban J connectivity index is 2.22. The Morgan fingerprint density at radius 3 is 2.00 bits per heavy atom. The molecular weight excluding hydrogens is 388 g/mol. The molecule has 0 heterocycles. The van der Waals surface area contributed by atoms with Gasteiger partial charge in [0.05, 0.1) is 0 Å². The zero-order valence-electron chi connectivity index (χ0n) is 8.39. The normalized spacial score (nSPS) is 30.0. The monoisotopic (exact) mass is 407 g/mol. The fraction of sp³-hybridized carbons (Fsp3) is 1.00. The van der Waals surface area contributed by atoms with E-state index >= 15 is 0 Å². The first-order chi connectivity index (χ1) is 6.09. The first kappa shape index (κ1) is 12.5. The van der Waals surface area contributed by atoms with E-state index in [1.807, 2.05) is 0 Å². The second-order valence-corrected chi connectivity index (χ2v) is 9.20. The highest BCUT2D eigenvalue weighted by Gasteiger charge is 2.23. The van der Waals surface area contributed by atoms with Gasteiger partial charge in [-0.1, -0.05) is 59.0 Å². The van der Waals surface area contributed by atoms with Crippen LogP contribution in [0.3, 0.4) is 0 Å². The summed E-state index contributed by atoms with van der Waals surface area (Å²) < 4.78 is 0.593. The highest BCUT2D eigenvalue weighted by Crippen LogP contribution is 2.30. The molecule has 1 N–H and O–H groups in total. The minimum atomic E-state index is 0.593. The van der Waals surface area contributed by atoms with Crippen molar-refractivity contribution in [2.24, 2.45) is 11.8 Å². The van der Waals surface area contributed by atoms with Gasteiger partial charge in [0.25, 0.3) is 0 Å². The summed E-state index contributed by atoms with van der Waals surface area (Å²) in [5.41, 5.74) is 0. The summed E-state index contributed by atoms with van der Waals surface area (Å²) in [4.78, 5) is 0. The van der Waals surface area contributed by atoms with Crippen LogP contribution in [0.25, 0.3) is 0 Å². The number of nitrogens with one attached hydrogen (secondary N) is 1. The van der Waals surface area contributed by atoms with Crippen LogP contribution in [-0.2, 0) is 0 Å². The standard InChI is InChI=1S/C10H19I2N/c1-7(2)8-3-5-9(6-4-8)13-10(11)12/h7-10,13H,3-6H2,1-2H3. The van der Waals surface area contributed by atoms with E-state index in [0.29, 0.717) is 2.06 Å². The molecule has 1 rings (SSSR count). The zero-order chi connectivity index (χ0) is 9.84.